The van der Waals surface area contributed by atoms with E-state index in [-0.39, 0.29) is 11.9 Å². The minimum Gasteiger partial charge on any atom is -0.378 e. The molecule has 2 nitrogen and oxygen atoms in total. The first-order chi connectivity index (χ1) is 9.31. The summed E-state index contributed by atoms with van der Waals surface area (Å²) in [5.41, 5.74) is 0.786. The number of ether oxygens (including phenoxy) is 1. The molecule has 0 bridgehead atoms. The quantitative estimate of drug-likeness (QED) is 0.809. The van der Waals surface area contributed by atoms with Crippen LogP contribution in [0.25, 0.3) is 0 Å². The van der Waals surface area contributed by atoms with Crippen molar-refractivity contribution in [2.75, 3.05) is 13.2 Å². The molecule has 1 heterocycles. The van der Waals surface area contributed by atoms with Gasteiger partial charge in [-0.25, -0.2) is 4.39 Å². The number of halogens is 1. The van der Waals surface area contributed by atoms with Gasteiger partial charge in [-0.15, -0.1) is 0 Å². The molecule has 0 amide bonds. The van der Waals surface area contributed by atoms with Gasteiger partial charge in [0.1, 0.15) is 5.82 Å². The summed E-state index contributed by atoms with van der Waals surface area (Å²) in [6.07, 6.45) is 5.69. The molecule has 2 atom stereocenters. The van der Waals surface area contributed by atoms with Crippen molar-refractivity contribution in [1.82, 2.24) is 5.32 Å². The molecule has 0 aliphatic carbocycles. The molecule has 0 spiro atoms. The van der Waals surface area contributed by atoms with Gasteiger partial charge in [-0.1, -0.05) is 25.1 Å². The van der Waals surface area contributed by atoms with E-state index in [9.17, 15) is 4.39 Å². The molecule has 1 aliphatic heterocycles. The SMILES string of the molecule is CCCNC(CCC1CCCO1)c1ccccc1F. The molecule has 19 heavy (non-hydrogen) atoms. The van der Waals surface area contributed by atoms with Crippen molar-refractivity contribution in [3.05, 3.63) is 35.6 Å². The Morgan fingerprint density at radius 1 is 1.42 bits per heavy atom. The molecule has 1 aliphatic rings. The van der Waals surface area contributed by atoms with Gasteiger partial charge in [0.25, 0.3) is 0 Å². The summed E-state index contributed by atoms with van der Waals surface area (Å²) in [6.45, 7) is 3.94. The second-order valence-corrected chi connectivity index (χ2v) is 5.24. The normalized spacial score (nSPS) is 20.6. The zero-order valence-corrected chi connectivity index (χ0v) is 11.7. The van der Waals surface area contributed by atoms with Gasteiger partial charge in [-0.2, -0.15) is 0 Å². The zero-order valence-electron chi connectivity index (χ0n) is 11.7. The van der Waals surface area contributed by atoms with Gasteiger partial charge in [0, 0.05) is 18.2 Å². The molecule has 1 saturated heterocycles. The van der Waals surface area contributed by atoms with Gasteiger partial charge in [0.05, 0.1) is 6.10 Å². The van der Waals surface area contributed by atoms with Crippen molar-refractivity contribution < 1.29 is 9.13 Å². The molecule has 1 aromatic carbocycles. The van der Waals surface area contributed by atoms with Crippen molar-refractivity contribution in [1.29, 1.82) is 0 Å². The Morgan fingerprint density at radius 3 is 2.95 bits per heavy atom. The zero-order chi connectivity index (χ0) is 13.5. The highest BCUT2D eigenvalue weighted by Crippen LogP contribution is 2.25. The highest BCUT2D eigenvalue weighted by Gasteiger charge is 2.20. The summed E-state index contributed by atoms with van der Waals surface area (Å²) in [4.78, 5) is 0. The van der Waals surface area contributed by atoms with Gasteiger partial charge in [-0.3, -0.25) is 0 Å². The van der Waals surface area contributed by atoms with Crippen LogP contribution in [0.1, 0.15) is 50.6 Å². The average molecular weight is 265 g/mol. The lowest BCUT2D eigenvalue weighted by molar-refractivity contribution is 0.0994. The first-order valence-corrected chi connectivity index (χ1v) is 7.40. The highest BCUT2D eigenvalue weighted by atomic mass is 19.1. The largest absolute Gasteiger partial charge is 0.378 e. The van der Waals surface area contributed by atoms with Crippen LogP contribution in [0, 0.1) is 5.82 Å². The first-order valence-electron chi connectivity index (χ1n) is 7.40. The molecule has 1 fully saturated rings. The third-order valence-electron chi connectivity index (χ3n) is 3.72. The van der Waals surface area contributed by atoms with Crippen LogP contribution in [0.15, 0.2) is 24.3 Å². The minimum atomic E-state index is -0.108. The molecule has 106 valence electrons. The van der Waals surface area contributed by atoms with E-state index in [1.165, 1.54) is 0 Å². The topological polar surface area (TPSA) is 21.3 Å². The van der Waals surface area contributed by atoms with E-state index >= 15 is 0 Å². The average Bonchev–Trinajstić information content (AvgIpc) is 2.93. The molecule has 1 aromatic rings. The Morgan fingerprint density at radius 2 is 2.26 bits per heavy atom. The van der Waals surface area contributed by atoms with Crippen LogP contribution in [0.4, 0.5) is 4.39 Å². The predicted molar refractivity (Wildman–Crippen MR) is 75.6 cm³/mol. The van der Waals surface area contributed by atoms with Gasteiger partial charge in [-0.05, 0) is 44.7 Å². The number of hydrogen-bond donors (Lipinski definition) is 1. The van der Waals surface area contributed by atoms with Crippen LogP contribution in [-0.2, 0) is 4.74 Å². The Labute approximate surface area is 115 Å². The third-order valence-corrected chi connectivity index (χ3v) is 3.72. The Hall–Kier alpha value is -0.930. The fraction of sp³-hybridized carbons (Fsp3) is 0.625. The molecule has 0 saturated carbocycles. The number of nitrogens with one attached hydrogen (secondary N) is 1. The van der Waals surface area contributed by atoms with E-state index in [1.54, 1.807) is 12.1 Å². The maximum absolute atomic E-state index is 13.9. The first kappa shape index (κ1) is 14.5. The van der Waals surface area contributed by atoms with E-state index in [4.69, 9.17) is 4.74 Å². The van der Waals surface area contributed by atoms with Crippen molar-refractivity contribution >= 4 is 0 Å². The van der Waals surface area contributed by atoms with E-state index in [2.05, 4.69) is 12.2 Å². The van der Waals surface area contributed by atoms with Crippen LogP contribution in [0.2, 0.25) is 0 Å². The van der Waals surface area contributed by atoms with E-state index in [0.717, 1.165) is 50.8 Å². The van der Waals surface area contributed by atoms with Crippen LogP contribution in [-0.4, -0.2) is 19.3 Å². The number of benzene rings is 1. The molecule has 2 unspecified atom stereocenters. The summed E-state index contributed by atoms with van der Waals surface area (Å²) in [5, 5.41) is 3.45. The van der Waals surface area contributed by atoms with E-state index in [0.29, 0.717) is 6.10 Å². The van der Waals surface area contributed by atoms with Crippen molar-refractivity contribution in [2.24, 2.45) is 0 Å². The maximum atomic E-state index is 13.9. The van der Waals surface area contributed by atoms with Crippen LogP contribution < -0.4 is 5.32 Å². The molecule has 2 rings (SSSR count). The smallest absolute Gasteiger partial charge is 0.127 e. The fourth-order valence-electron chi connectivity index (χ4n) is 2.67. The number of rotatable bonds is 7. The Bertz CT molecular complexity index is 377. The molecular weight excluding hydrogens is 241 g/mol. The third kappa shape index (κ3) is 4.29. The monoisotopic (exact) mass is 265 g/mol. The molecular formula is C16H24FNO. The fourth-order valence-corrected chi connectivity index (χ4v) is 2.67. The van der Waals surface area contributed by atoms with E-state index < -0.39 is 0 Å². The van der Waals surface area contributed by atoms with Crippen LogP contribution >= 0.6 is 0 Å². The lowest BCUT2D eigenvalue weighted by Crippen LogP contribution is -2.24. The maximum Gasteiger partial charge on any atom is 0.127 e. The molecule has 1 N–H and O–H groups in total. The van der Waals surface area contributed by atoms with Crippen molar-refractivity contribution in [3.8, 4) is 0 Å². The second-order valence-electron chi connectivity index (χ2n) is 5.24. The van der Waals surface area contributed by atoms with Crippen molar-refractivity contribution in [2.45, 2.75) is 51.2 Å². The lowest BCUT2D eigenvalue weighted by Gasteiger charge is -2.21. The summed E-state index contributed by atoms with van der Waals surface area (Å²) in [6, 6.07) is 7.19. The van der Waals surface area contributed by atoms with Crippen LogP contribution in [0.3, 0.4) is 0 Å². The van der Waals surface area contributed by atoms with E-state index in [1.807, 2.05) is 12.1 Å². The van der Waals surface area contributed by atoms with Gasteiger partial charge in [0.15, 0.2) is 0 Å². The minimum absolute atomic E-state index is 0.102. The standard InChI is InChI=1S/C16H24FNO/c1-2-11-18-16(10-9-13-6-5-12-19-13)14-7-3-4-8-15(14)17/h3-4,7-8,13,16,18H,2,5-6,9-12H2,1H3. The summed E-state index contributed by atoms with van der Waals surface area (Å²) in [7, 11) is 0. The van der Waals surface area contributed by atoms with Crippen molar-refractivity contribution in [3.63, 3.8) is 0 Å². The summed E-state index contributed by atoms with van der Waals surface area (Å²) >= 11 is 0. The highest BCUT2D eigenvalue weighted by molar-refractivity contribution is 5.21. The molecule has 0 aromatic heterocycles. The molecule has 0 radical (unpaired) electrons. The van der Waals surface area contributed by atoms with Crippen LogP contribution in [0.5, 0.6) is 0 Å². The summed E-state index contributed by atoms with van der Waals surface area (Å²) in [5.74, 6) is -0.108. The Balaban J connectivity index is 1.96. The second kappa shape index (κ2) is 7.61. The predicted octanol–water partition coefficient (Wildman–Crippen LogP) is 3.83. The lowest BCUT2D eigenvalue weighted by atomic mass is 9.98. The Kier molecular flexibility index (Phi) is 5.80. The van der Waals surface area contributed by atoms with Gasteiger partial charge in [0.2, 0.25) is 0 Å². The van der Waals surface area contributed by atoms with Gasteiger partial charge >= 0.3 is 0 Å². The molecule has 3 heteroatoms. The summed E-state index contributed by atoms with van der Waals surface area (Å²) < 4.78 is 19.5. The van der Waals surface area contributed by atoms with Gasteiger partial charge < -0.3 is 10.1 Å². The number of hydrogen-bond acceptors (Lipinski definition) is 2.